The lowest BCUT2D eigenvalue weighted by Crippen LogP contribution is -2.40. The minimum atomic E-state index is -0.435. The van der Waals surface area contributed by atoms with Crippen LogP contribution in [0.5, 0.6) is 0 Å². The molecule has 3 nitrogen and oxygen atoms in total. The molecule has 2 aliphatic rings. The highest BCUT2D eigenvalue weighted by Gasteiger charge is 2.53. The Morgan fingerprint density at radius 3 is 1.27 bits per heavy atom. The molecule has 10 aromatic rings. The highest BCUT2D eigenvalue weighted by atomic mass is 15.0. The number of nitrogens with zero attached hydrogens (tertiary/aromatic N) is 3. The van der Waals surface area contributed by atoms with E-state index in [-0.39, 0.29) is 5.41 Å². The molecule has 0 aliphatic heterocycles. The van der Waals surface area contributed by atoms with E-state index in [2.05, 4.69) is 190 Å². The second-order valence-electron chi connectivity index (χ2n) is 17.1. The summed E-state index contributed by atoms with van der Waals surface area (Å²) in [5.41, 5.74) is 17.6. The van der Waals surface area contributed by atoms with E-state index >= 15 is 0 Å². The summed E-state index contributed by atoms with van der Waals surface area (Å²) in [6.45, 7) is 4.76. The molecular formula is C59H41N3. The van der Waals surface area contributed by atoms with Crippen molar-refractivity contribution < 1.29 is 0 Å². The third-order valence-electron chi connectivity index (χ3n) is 13.4. The van der Waals surface area contributed by atoms with Gasteiger partial charge in [0.2, 0.25) is 0 Å². The fourth-order valence-corrected chi connectivity index (χ4v) is 10.5. The standard InChI is InChI=1S/C59H41N3/c1-58(2)51-28-13-15-30-53(51)59(54-31-16-14-29-52(54)58)49-27-12-11-26-45(49)48-37-43(32-33-50(48)59)47-36-41-23-10-9-22-40(41)35-46(47)42-24-17-25-44(34-42)57-61-55(38-18-5-3-6-19-38)60-56(62-57)39-20-7-4-8-21-39/h3-37H,1-2H3. The van der Waals surface area contributed by atoms with Gasteiger partial charge in [-0.25, -0.2) is 15.0 Å². The number of fused-ring (bicyclic) bond motifs is 10. The molecular weight excluding hydrogens is 751 g/mol. The van der Waals surface area contributed by atoms with E-state index in [0.29, 0.717) is 17.5 Å². The van der Waals surface area contributed by atoms with Gasteiger partial charge in [0, 0.05) is 22.1 Å². The van der Waals surface area contributed by atoms with Crippen LogP contribution in [0.25, 0.3) is 78.3 Å². The zero-order valence-corrected chi connectivity index (χ0v) is 34.5. The molecule has 0 saturated carbocycles. The van der Waals surface area contributed by atoms with E-state index in [4.69, 9.17) is 15.0 Å². The van der Waals surface area contributed by atoms with Crippen molar-refractivity contribution in [2.45, 2.75) is 24.7 Å². The Morgan fingerprint density at radius 2 is 0.694 bits per heavy atom. The normalized spacial score (nSPS) is 13.9. The molecule has 1 spiro atoms. The Hall–Kier alpha value is -7.75. The molecule has 0 saturated heterocycles. The molecule has 292 valence electrons. The van der Waals surface area contributed by atoms with Crippen LogP contribution < -0.4 is 0 Å². The molecule has 1 aromatic heterocycles. The van der Waals surface area contributed by atoms with Crippen molar-refractivity contribution >= 4 is 10.8 Å². The summed E-state index contributed by atoms with van der Waals surface area (Å²) in [4.78, 5) is 15.1. The van der Waals surface area contributed by atoms with Gasteiger partial charge in [0.05, 0.1) is 5.41 Å². The third-order valence-corrected chi connectivity index (χ3v) is 13.4. The predicted molar refractivity (Wildman–Crippen MR) is 254 cm³/mol. The van der Waals surface area contributed by atoms with Crippen LogP contribution in [0, 0.1) is 0 Å². The summed E-state index contributed by atoms with van der Waals surface area (Å²) in [6, 6.07) is 77.0. The number of hydrogen-bond donors (Lipinski definition) is 0. The van der Waals surface area contributed by atoms with Gasteiger partial charge in [0.1, 0.15) is 0 Å². The van der Waals surface area contributed by atoms with Gasteiger partial charge in [-0.15, -0.1) is 0 Å². The molecule has 1 heterocycles. The largest absolute Gasteiger partial charge is 0.208 e. The Morgan fingerprint density at radius 1 is 0.274 bits per heavy atom. The molecule has 0 atom stereocenters. The van der Waals surface area contributed by atoms with Gasteiger partial charge in [-0.2, -0.15) is 0 Å². The van der Waals surface area contributed by atoms with Crippen LogP contribution in [0.15, 0.2) is 212 Å². The van der Waals surface area contributed by atoms with Crippen molar-refractivity contribution in [1.82, 2.24) is 15.0 Å². The maximum absolute atomic E-state index is 5.09. The summed E-state index contributed by atoms with van der Waals surface area (Å²) in [5.74, 6) is 1.93. The van der Waals surface area contributed by atoms with E-state index in [9.17, 15) is 0 Å². The minimum Gasteiger partial charge on any atom is -0.208 e. The van der Waals surface area contributed by atoms with Gasteiger partial charge in [-0.1, -0.05) is 202 Å². The SMILES string of the molecule is CC1(C)c2ccccc2C2(c3ccccc3-c3cc(-c4cc5ccccc5cc4-c4cccc(-c5nc(-c6ccccc6)nc(-c6ccccc6)n5)c4)ccc32)c2ccccc21. The van der Waals surface area contributed by atoms with Crippen LogP contribution in [0.2, 0.25) is 0 Å². The highest BCUT2D eigenvalue weighted by Crippen LogP contribution is 2.62. The molecule has 0 N–H and O–H groups in total. The first-order valence-corrected chi connectivity index (χ1v) is 21.4. The van der Waals surface area contributed by atoms with Crippen LogP contribution in [0.4, 0.5) is 0 Å². The maximum Gasteiger partial charge on any atom is 0.164 e. The molecule has 3 heteroatoms. The van der Waals surface area contributed by atoms with Crippen LogP contribution in [-0.2, 0) is 10.8 Å². The minimum absolute atomic E-state index is 0.141. The maximum atomic E-state index is 5.09. The number of benzene rings is 9. The van der Waals surface area contributed by atoms with E-state index < -0.39 is 5.41 Å². The van der Waals surface area contributed by atoms with Gasteiger partial charge in [-0.3, -0.25) is 0 Å². The zero-order chi connectivity index (χ0) is 41.4. The Labute approximate surface area is 362 Å². The Kier molecular flexibility index (Phi) is 8.10. The molecule has 9 aromatic carbocycles. The van der Waals surface area contributed by atoms with Gasteiger partial charge >= 0.3 is 0 Å². The van der Waals surface area contributed by atoms with Gasteiger partial charge in [-0.05, 0) is 102 Å². The van der Waals surface area contributed by atoms with Crippen LogP contribution in [0.3, 0.4) is 0 Å². The lowest BCUT2D eigenvalue weighted by atomic mass is 9.55. The van der Waals surface area contributed by atoms with Crippen molar-refractivity contribution in [2.24, 2.45) is 0 Å². The molecule has 62 heavy (non-hydrogen) atoms. The first-order chi connectivity index (χ1) is 30.5. The predicted octanol–water partition coefficient (Wildman–Crippen LogP) is 14.4. The van der Waals surface area contributed by atoms with Crippen molar-refractivity contribution in [3.8, 4) is 67.5 Å². The monoisotopic (exact) mass is 791 g/mol. The second kappa shape index (κ2) is 13.9. The van der Waals surface area contributed by atoms with E-state index in [1.54, 1.807) is 0 Å². The van der Waals surface area contributed by atoms with Gasteiger partial charge in [0.25, 0.3) is 0 Å². The number of rotatable bonds is 5. The summed E-state index contributed by atoms with van der Waals surface area (Å²) < 4.78 is 0. The Balaban J connectivity index is 1.06. The van der Waals surface area contributed by atoms with Crippen molar-refractivity contribution in [3.05, 3.63) is 246 Å². The zero-order valence-electron chi connectivity index (χ0n) is 34.5. The second-order valence-corrected chi connectivity index (χ2v) is 17.1. The smallest absolute Gasteiger partial charge is 0.164 e. The lowest BCUT2D eigenvalue weighted by molar-refractivity contribution is 0.563. The molecule has 2 aliphatic carbocycles. The highest BCUT2D eigenvalue weighted by molar-refractivity contribution is 5.99. The third kappa shape index (κ3) is 5.41. The molecule has 12 rings (SSSR count). The van der Waals surface area contributed by atoms with Gasteiger partial charge < -0.3 is 0 Å². The lowest BCUT2D eigenvalue weighted by Gasteiger charge is -2.46. The fraction of sp³-hybridized carbons (Fsp3) is 0.0678. The number of aromatic nitrogens is 3. The van der Waals surface area contributed by atoms with Crippen molar-refractivity contribution in [1.29, 1.82) is 0 Å². The summed E-state index contributed by atoms with van der Waals surface area (Å²) >= 11 is 0. The fourth-order valence-electron chi connectivity index (χ4n) is 10.5. The van der Waals surface area contributed by atoms with Crippen LogP contribution >= 0.6 is 0 Å². The molecule has 0 bridgehead atoms. The van der Waals surface area contributed by atoms with E-state index in [0.717, 1.165) is 27.8 Å². The first kappa shape index (κ1) is 36.1. The summed E-state index contributed by atoms with van der Waals surface area (Å²) in [5, 5.41) is 2.40. The number of hydrogen-bond acceptors (Lipinski definition) is 3. The molecule has 0 fully saturated rings. The van der Waals surface area contributed by atoms with Crippen LogP contribution in [0.1, 0.15) is 47.2 Å². The Bertz CT molecular complexity index is 3280. The van der Waals surface area contributed by atoms with E-state index in [1.807, 2.05) is 36.4 Å². The topological polar surface area (TPSA) is 38.7 Å². The molecule has 0 unspecified atom stereocenters. The van der Waals surface area contributed by atoms with Gasteiger partial charge in [0.15, 0.2) is 17.5 Å². The van der Waals surface area contributed by atoms with Crippen LogP contribution in [-0.4, -0.2) is 15.0 Å². The average molecular weight is 792 g/mol. The quantitative estimate of drug-likeness (QED) is 0.174. The van der Waals surface area contributed by atoms with Crippen molar-refractivity contribution in [3.63, 3.8) is 0 Å². The average Bonchev–Trinajstić information content (AvgIpc) is 3.63. The molecule has 0 radical (unpaired) electrons. The summed E-state index contributed by atoms with van der Waals surface area (Å²) in [6.07, 6.45) is 0. The summed E-state index contributed by atoms with van der Waals surface area (Å²) in [7, 11) is 0. The van der Waals surface area contributed by atoms with E-state index in [1.165, 1.54) is 66.4 Å². The first-order valence-electron chi connectivity index (χ1n) is 21.4. The van der Waals surface area contributed by atoms with Crippen molar-refractivity contribution in [2.75, 3.05) is 0 Å². The molecule has 0 amide bonds.